The number of amides is 1. The van der Waals surface area contributed by atoms with Gasteiger partial charge in [-0.2, -0.15) is 0 Å². The number of rotatable bonds is 3. The Bertz CT molecular complexity index is 474. The second kappa shape index (κ2) is 7.16. The number of carbonyl (C=O) groups is 1. The number of benzene rings is 1. The lowest BCUT2D eigenvalue weighted by molar-refractivity contribution is 0.0778. The molecule has 6 heteroatoms. The lowest BCUT2D eigenvalue weighted by Crippen LogP contribution is -2.48. The van der Waals surface area contributed by atoms with E-state index in [0.717, 1.165) is 25.2 Å². The van der Waals surface area contributed by atoms with Gasteiger partial charge in [0, 0.05) is 42.8 Å². The van der Waals surface area contributed by atoms with E-state index in [1.807, 2.05) is 19.1 Å². The number of halogens is 2. The van der Waals surface area contributed by atoms with Crippen LogP contribution in [0.25, 0.3) is 0 Å². The molecule has 0 spiro atoms. The number of piperazine rings is 1. The summed E-state index contributed by atoms with van der Waals surface area (Å²) < 4.78 is 5.00. The smallest absolute Gasteiger partial charge is 0.409 e. The molecule has 0 radical (unpaired) electrons. The Balaban J connectivity index is 1.86. The van der Waals surface area contributed by atoms with Crippen LogP contribution in [0.4, 0.5) is 4.79 Å². The minimum Gasteiger partial charge on any atom is -0.450 e. The fourth-order valence-electron chi connectivity index (χ4n) is 2.19. The van der Waals surface area contributed by atoms with Gasteiger partial charge >= 0.3 is 6.09 Å². The summed E-state index contributed by atoms with van der Waals surface area (Å²) >= 11 is 12.1. The van der Waals surface area contributed by atoms with E-state index in [4.69, 9.17) is 27.9 Å². The molecule has 1 amide bonds. The molecule has 0 N–H and O–H groups in total. The first-order valence-electron chi connectivity index (χ1n) is 6.68. The quantitative estimate of drug-likeness (QED) is 0.858. The van der Waals surface area contributed by atoms with Gasteiger partial charge in [-0.05, 0) is 24.6 Å². The first-order chi connectivity index (χ1) is 9.60. The fourth-order valence-corrected chi connectivity index (χ4v) is 2.66. The van der Waals surface area contributed by atoms with Crippen LogP contribution in [-0.4, -0.2) is 48.7 Å². The van der Waals surface area contributed by atoms with Gasteiger partial charge in [-0.15, -0.1) is 0 Å². The van der Waals surface area contributed by atoms with Crippen molar-refractivity contribution in [3.8, 4) is 0 Å². The van der Waals surface area contributed by atoms with E-state index in [2.05, 4.69) is 4.90 Å². The normalized spacial score (nSPS) is 16.2. The maximum atomic E-state index is 11.6. The third-order valence-corrected chi connectivity index (χ3v) is 3.89. The average Bonchev–Trinajstić information content (AvgIpc) is 2.43. The highest BCUT2D eigenvalue weighted by Crippen LogP contribution is 2.22. The Kier molecular flexibility index (Phi) is 5.52. The molecule has 0 bridgehead atoms. The van der Waals surface area contributed by atoms with Crippen molar-refractivity contribution < 1.29 is 9.53 Å². The van der Waals surface area contributed by atoms with Crippen LogP contribution in [-0.2, 0) is 11.3 Å². The Labute approximate surface area is 129 Å². The van der Waals surface area contributed by atoms with Gasteiger partial charge < -0.3 is 9.64 Å². The third-order valence-electron chi connectivity index (χ3n) is 3.31. The van der Waals surface area contributed by atoms with Crippen molar-refractivity contribution in [2.24, 2.45) is 0 Å². The molecule has 0 unspecified atom stereocenters. The van der Waals surface area contributed by atoms with Gasteiger partial charge in [0.05, 0.1) is 6.61 Å². The van der Waals surface area contributed by atoms with E-state index < -0.39 is 0 Å². The Morgan fingerprint density at radius 2 is 1.95 bits per heavy atom. The highest BCUT2D eigenvalue weighted by atomic mass is 35.5. The van der Waals surface area contributed by atoms with Crippen LogP contribution < -0.4 is 0 Å². The molecule has 2 rings (SSSR count). The largest absolute Gasteiger partial charge is 0.450 e. The molecule has 0 aromatic heterocycles. The van der Waals surface area contributed by atoms with E-state index in [0.29, 0.717) is 29.7 Å². The zero-order chi connectivity index (χ0) is 14.5. The van der Waals surface area contributed by atoms with Gasteiger partial charge in [0.2, 0.25) is 0 Å². The number of hydrogen-bond acceptors (Lipinski definition) is 3. The first kappa shape index (κ1) is 15.4. The first-order valence-corrected chi connectivity index (χ1v) is 7.43. The van der Waals surface area contributed by atoms with Crippen LogP contribution in [0.1, 0.15) is 12.5 Å². The average molecular weight is 317 g/mol. The summed E-state index contributed by atoms with van der Waals surface area (Å²) in [7, 11) is 0. The van der Waals surface area contributed by atoms with Crippen LogP contribution in [0.2, 0.25) is 10.0 Å². The second-order valence-corrected chi connectivity index (χ2v) is 5.54. The van der Waals surface area contributed by atoms with Crippen molar-refractivity contribution in [2.45, 2.75) is 13.5 Å². The summed E-state index contributed by atoms with van der Waals surface area (Å²) in [5.41, 5.74) is 1.06. The zero-order valence-corrected chi connectivity index (χ0v) is 13.0. The van der Waals surface area contributed by atoms with Crippen molar-refractivity contribution in [1.29, 1.82) is 0 Å². The molecule has 1 aromatic rings. The summed E-state index contributed by atoms with van der Waals surface area (Å²) in [6.07, 6.45) is -0.225. The van der Waals surface area contributed by atoms with Gasteiger partial charge in [0.25, 0.3) is 0 Å². The predicted molar refractivity (Wildman–Crippen MR) is 80.3 cm³/mol. The monoisotopic (exact) mass is 316 g/mol. The highest BCUT2D eigenvalue weighted by molar-refractivity contribution is 6.35. The second-order valence-electron chi connectivity index (χ2n) is 4.70. The minimum absolute atomic E-state index is 0.225. The van der Waals surface area contributed by atoms with Gasteiger partial charge in [-0.3, -0.25) is 4.90 Å². The fraction of sp³-hybridized carbons (Fsp3) is 0.500. The van der Waals surface area contributed by atoms with Gasteiger partial charge in [0.1, 0.15) is 0 Å². The number of hydrogen-bond donors (Lipinski definition) is 0. The molecule has 1 aliphatic rings. The maximum absolute atomic E-state index is 11.6. The molecular weight excluding hydrogens is 299 g/mol. The Morgan fingerprint density at radius 3 is 2.55 bits per heavy atom. The minimum atomic E-state index is -0.225. The number of carbonyl (C=O) groups excluding carboxylic acids is 1. The van der Waals surface area contributed by atoms with Gasteiger partial charge in [0.15, 0.2) is 0 Å². The molecule has 1 fully saturated rings. The molecule has 20 heavy (non-hydrogen) atoms. The molecule has 4 nitrogen and oxygen atoms in total. The van der Waals surface area contributed by atoms with Crippen molar-refractivity contribution >= 4 is 29.3 Å². The molecule has 1 aromatic carbocycles. The van der Waals surface area contributed by atoms with Gasteiger partial charge in [-0.1, -0.05) is 29.3 Å². The molecule has 0 atom stereocenters. The zero-order valence-electron chi connectivity index (χ0n) is 11.4. The lowest BCUT2D eigenvalue weighted by atomic mass is 10.2. The Morgan fingerprint density at radius 1 is 1.25 bits per heavy atom. The van der Waals surface area contributed by atoms with E-state index >= 15 is 0 Å². The summed E-state index contributed by atoms with van der Waals surface area (Å²) in [6, 6.07) is 5.55. The Hall–Kier alpha value is -0.970. The van der Waals surface area contributed by atoms with E-state index in [-0.39, 0.29) is 6.09 Å². The molecule has 1 saturated heterocycles. The molecule has 0 aliphatic carbocycles. The van der Waals surface area contributed by atoms with E-state index in [1.54, 1.807) is 11.0 Å². The topological polar surface area (TPSA) is 32.8 Å². The van der Waals surface area contributed by atoms with Gasteiger partial charge in [-0.25, -0.2) is 4.79 Å². The van der Waals surface area contributed by atoms with Crippen LogP contribution in [0.5, 0.6) is 0 Å². The molecule has 1 heterocycles. The van der Waals surface area contributed by atoms with Crippen molar-refractivity contribution in [1.82, 2.24) is 9.80 Å². The molecular formula is C14H18Cl2N2O2. The molecule has 110 valence electrons. The molecule has 0 saturated carbocycles. The maximum Gasteiger partial charge on any atom is 0.409 e. The summed E-state index contributed by atoms with van der Waals surface area (Å²) in [5.74, 6) is 0. The van der Waals surface area contributed by atoms with Crippen LogP contribution >= 0.6 is 23.2 Å². The van der Waals surface area contributed by atoms with E-state index in [1.165, 1.54) is 0 Å². The van der Waals surface area contributed by atoms with Crippen LogP contribution in [0.15, 0.2) is 18.2 Å². The molecule has 1 aliphatic heterocycles. The number of nitrogens with zero attached hydrogens (tertiary/aromatic N) is 2. The summed E-state index contributed by atoms with van der Waals surface area (Å²) in [6.45, 7) is 6.01. The summed E-state index contributed by atoms with van der Waals surface area (Å²) in [4.78, 5) is 15.6. The van der Waals surface area contributed by atoms with Crippen molar-refractivity contribution in [2.75, 3.05) is 32.8 Å². The van der Waals surface area contributed by atoms with Crippen molar-refractivity contribution in [3.63, 3.8) is 0 Å². The van der Waals surface area contributed by atoms with Crippen LogP contribution in [0.3, 0.4) is 0 Å². The SMILES string of the molecule is CCOC(=O)N1CCN(Cc2ccc(Cl)cc2Cl)CC1. The van der Waals surface area contributed by atoms with E-state index in [9.17, 15) is 4.79 Å². The summed E-state index contributed by atoms with van der Waals surface area (Å²) in [5, 5.41) is 1.33. The highest BCUT2D eigenvalue weighted by Gasteiger charge is 2.22. The number of ether oxygens (including phenoxy) is 1. The lowest BCUT2D eigenvalue weighted by Gasteiger charge is -2.34. The van der Waals surface area contributed by atoms with Crippen LogP contribution in [0, 0.1) is 0 Å². The predicted octanol–water partition coefficient (Wildman–Crippen LogP) is 3.27. The third kappa shape index (κ3) is 4.01. The van der Waals surface area contributed by atoms with Crippen molar-refractivity contribution in [3.05, 3.63) is 33.8 Å². The standard InChI is InChI=1S/C14H18Cl2N2O2/c1-2-20-14(19)18-7-5-17(6-8-18)10-11-3-4-12(15)9-13(11)16/h3-4,9H,2,5-8,10H2,1H3.